The van der Waals surface area contributed by atoms with E-state index in [0.29, 0.717) is 6.54 Å². The Morgan fingerprint density at radius 3 is 2.67 bits per heavy atom. The van der Waals surface area contributed by atoms with Crippen molar-refractivity contribution >= 4 is 27.3 Å². The van der Waals surface area contributed by atoms with Crippen LogP contribution in [0.25, 0.3) is 0 Å². The molecular formula is C13H12N4O2S2. The third kappa shape index (κ3) is 3.11. The van der Waals surface area contributed by atoms with Crippen LogP contribution in [0.2, 0.25) is 0 Å². The summed E-state index contributed by atoms with van der Waals surface area (Å²) in [5.74, 6) is 0.201. The molecule has 2 aromatic heterocycles. The minimum Gasteiger partial charge on any atom is -0.295 e. The number of nitrogens with one attached hydrogen (secondary N) is 1. The average molecular weight is 320 g/mol. The number of sulfonamides is 1. The van der Waals surface area contributed by atoms with Crippen molar-refractivity contribution in [2.75, 3.05) is 4.72 Å². The molecule has 3 rings (SSSR count). The first-order valence-electron chi connectivity index (χ1n) is 6.13. The molecule has 0 bridgehead atoms. The Labute approximate surface area is 126 Å². The highest BCUT2D eigenvalue weighted by Crippen LogP contribution is 2.19. The van der Waals surface area contributed by atoms with E-state index in [1.165, 1.54) is 6.33 Å². The van der Waals surface area contributed by atoms with Crippen molar-refractivity contribution in [2.24, 2.45) is 0 Å². The molecule has 8 heteroatoms. The number of thiophene rings is 1. The fourth-order valence-electron chi connectivity index (χ4n) is 1.82. The molecule has 0 atom stereocenters. The van der Waals surface area contributed by atoms with Gasteiger partial charge in [0.2, 0.25) is 5.95 Å². The topological polar surface area (TPSA) is 76.9 Å². The Bertz CT molecular complexity index is 811. The highest BCUT2D eigenvalue weighted by atomic mass is 32.2. The van der Waals surface area contributed by atoms with Crippen LogP contribution in [0, 0.1) is 0 Å². The highest BCUT2D eigenvalue weighted by molar-refractivity contribution is 7.94. The molecule has 0 saturated heterocycles. The first kappa shape index (κ1) is 13.8. The third-order valence-corrected chi connectivity index (χ3v) is 5.52. The smallest absolute Gasteiger partial charge is 0.273 e. The van der Waals surface area contributed by atoms with Crippen LogP contribution in [0.5, 0.6) is 0 Å². The van der Waals surface area contributed by atoms with Gasteiger partial charge in [-0.05, 0) is 17.0 Å². The van der Waals surface area contributed by atoms with Gasteiger partial charge in [-0.25, -0.2) is 13.1 Å². The molecule has 1 N–H and O–H groups in total. The molecule has 21 heavy (non-hydrogen) atoms. The summed E-state index contributed by atoms with van der Waals surface area (Å²) < 4.78 is 28.7. The zero-order valence-electron chi connectivity index (χ0n) is 10.9. The Morgan fingerprint density at radius 1 is 1.14 bits per heavy atom. The van der Waals surface area contributed by atoms with Gasteiger partial charge in [0.25, 0.3) is 10.0 Å². The predicted octanol–water partition coefficient (Wildman–Crippen LogP) is 2.19. The highest BCUT2D eigenvalue weighted by Gasteiger charge is 2.18. The van der Waals surface area contributed by atoms with Crippen molar-refractivity contribution < 1.29 is 8.42 Å². The van der Waals surface area contributed by atoms with Crippen LogP contribution in [0.3, 0.4) is 0 Å². The minimum absolute atomic E-state index is 0.201. The van der Waals surface area contributed by atoms with E-state index in [1.807, 2.05) is 30.3 Å². The molecule has 0 spiro atoms. The SMILES string of the molecule is O=S(=O)(Nc1nncn1Cc1ccccc1)c1cccs1. The van der Waals surface area contributed by atoms with Gasteiger partial charge in [0.15, 0.2) is 0 Å². The van der Waals surface area contributed by atoms with Crippen molar-refractivity contribution in [2.45, 2.75) is 10.8 Å². The van der Waals surface area contributed by atoms with Crippen LogP contribution in [-0.2, 0) is 16.6 Å². The number of nitrogens with zero attached hydrogens (tertiary/aromatic N) is 3. The van der Waals surface area contributed by atoms with Crippen LogP contribution in [0.4, 0.5) is 5.95 Å². The van der Waals surface area contributed by atoms with Gasteiger partial charge in [0.1, 0.15) is 10.5 Å². The third-order valence-electron chi connectivity index (χ3n) is 2.80. The molecule has 0 amide bonds. The molecule has 6 nitrogen and oxygen atoms in total. The fourth-order valence-corrected chi connectivity index (χ4v) is 3.82. The summed E-state index contributed by atoms with van der Waals surface area (Å²) in [4.78, 5) is 0. The Hall–Kier alpha value is -2.19. The van der Waals surface area contributed by atoms with Crippen LogP contribution in [0.15, 0.2) is 58.4 Å². The number of anilines is 1. The average Bonchev–Trinajstić information content (AvgIpc) is 3.12. The van der Waals surface area contributed by atoms with Crippen LogP contribution >= 0.6 is 11.3 Å². The van der Waals surface area contributed by atoms with E-state index in [0.717, 1.165) is 16.9 Å². The maximum atomic E-state index is 12.2. The van der Waals surface area contributed by atoms with Crippen molar-refractivity contribution in [3.63, 3.8) is 0 Å². The summed E-state index contributed by atoms with van der Waals surface area (Å²) in [5.41, 5.74) is 1.04. The second-order valence-corrected chi connectivity index (χ2v) is 7.16. The molecule has 0 unspecified atom stereocenters. The lowest BCUT2D eigenvalue weighted by Gasteiger charge is -2.08. The number of benzene rings is 1. The Kier molecular flexibility index (Phi) is 3.72. The summed E-state index contributed by atoms with van der Waals surface area (Å²) in [7, 11) is -3.61. The van der Waals surface area contributed by atoms with Crippen molar-refractivity contribution in [3.8, 4) is 0 Å². The number of rotatable bonds is 5. The molecule has 1 aromatic carbocycles. The van der Waals surface area contributed by atoms with E-state index < -0.39 is 10.0 Å². The number of hydrogen-bond acceptors (Lipinski definition) is 5. The first-order valence-corrected chi connectivity index (χ1v) is 8.49. The van der Waals surface area contributed by atoms with Crippen LogP contribution in [-0.4, -0.2) is 23.2 Å². The largest absolute Gasteiger partial charge is 0.295 e. The molecule has 3 aromatic rings. The van der Waals surface area contributed by atoms with Gasteiger partial charge in [-0.1, -0.05) is 36.4 Å². The van der Waals surface area contributed by atoms with Crippen molar-refractivity contribution in [3.05, 3.63) is 59.7 Å². The standard InChI is InChI=1S/C13H12N4O2S2/c18-21(19,12-7-4-8-20-12)16-13-15-14-10-17(13)9-11-5-2-1-3-6-11/h1-8,10H,9H2,(H,15,16). The predicted molar refractivity (Wildman–Crippen MR) is 80.7 cm³/mol. The summed E-state index contributed by atoms with van der Waals surface area (Å²) in [6.45, 7) is 0.496. The van der Waals surface area contributed by atoms with Crippen molar-refractivity contribution in [1.29, 1.82) is 0 Å². The summed E-state index contributed by atoms with van der Waals surface area (Å²) >= 11 is 1.15. The maximum Gasteiger partial charge on any atom is 0.273 e. The normalized spacial score (nSPS) is 11.4. The molecule has 0 aliphatic rings. The van der Waals surface area contributed by atoms with E-state index in [4.69, 9.17) is 0 Å². The molecule has 0 aliphatic carbocycles. The lowest BCUT2D eigenvalue weighted by Crippen LogP contribution is -2.16. The minimum atomic E-state index is -3.61. The van der Waals surface area contributed by atoms with E-state index >= 15 is 0 Å². The number of aromatic nitrogens is 3. The lowest BCUT2D eigenvalue weighted by molar-refractivity contribution is 0.602. The van der Waals surface area contributed by atoms with Crippen LogP contribution < -0.4 is 4.72 Å². The monoisotopic (exact) mass is 320 g/mol. The van der Waals surface area contributed by atoms with Gasteiger partial charge in [-0.15, -0.1) is 21.5 Å². The van der Waals surface area contributed by atoms with E-state index in [1.54, 1.807) is 22.1 Å². The molecule has 0 fully saturated rings. The second kappa shape index (κ2) is 5.66. The van der Waals surface area contributed by atoms with Gasteiger partial charge >= 0.3 is 0 Å². The molecule has 0 aliphatic heterocycles. The summed E-state index contributed by atoms with van der Waals surface area (Å²) in [5, 5.41) is 9.32. The second-order valence-electron chi connectivity index (χ2n) is 4.31. The zero-order valence-corrected chi connectivity index (χ0v) is 12.5. The maximum absolute atomic E-state index is 12.2. The van der Waals surface area contributed by atoms with Gasteiger partial charge in [-0.2, -0.15) is 0 Å². The van der Waals surface area contributed by atoms with Gasteiger partial charge in [0, 0.05) is 0 Å². The van der Waals surface area contributed by atoms with Gasteiger partial charge in [-0.3, -0.25) is 4.57 Å². The quantitative estimate of drug-likeness (QED) is 0.782. The fraction of sp³-hybridized carbons (Fsp3) is 0.0769. The van der Waals surface area contributed by atoms with Gasteiger partial charge < -0.3 is 0 Å². The molecule has 0 saturated carbocycles. The molecule has 0 radical (unpaired) electrons. The van der Waals surface area contributed by atoms with Gasteiger partial charge in [0.05, 0.1) is 6.54 Å². The van der Waals surface area contributed by atoms with E-state index in [9.17, 15) is 8.42 Å². The van der Waals surface area contributed by atoms with Crippen molar-refractivity contribution in [1.82, 2.24) is 14.8 Å². The lowest BCUT2D eigenvalue weighted by atomic mass is 10.2. The van der Waals surface area contributed by atoms with E-state index in [2.05, 4.69) is 14.9 Å². The molecule has 2 heterocycles. The molecule has 108 valence electrons. The molecular weight excluding hydrogens is 308 g/mol. The van der Waals surface area contributed by atoms with Crippen LogP contribution in [0.1, 0.15) is 5.56 Å². The van der Waals surface area contributed by atoms with E-state index in [-0.39, 0.29) is 10.2 Å². The Morgan fingerprint density at radius 2 is 1.95 bits per heavy atom. The summed E-state index contributed by atoms with van der Waals surface area (Å²) in [6.07, 6.45) is 1.50. The number of hydrogen-bond donors (Lipinski definition) is 1. The Balaban J connectivity index is 1.83. The first-order chi connectivity index (χ1) is 10.1. The zero-order chi connectivity index (χ0) is 14.7. The summed E-state index contributed by atoms with van der Waals surface area (Å²) in [6, 6.07) is 12.9.